The van der Waals surface area contributed by atoms with Crippen LogP contribution in [0.15, 0.2) is 66.1 Å². The lowest BCUT2D eigenvalue weighted by Crippen LogP contribution is -2.22. The topological polar surface area (TPSA) is 103 Å². The number of nitrogens with two attached hydrogens (primary N) is 1. The molecule has 7 heteroatoms. The smallest absolute Gasteiger partial charge is 0.337 e. The summed E-state index contributed by atoms with van der Waals surface area (Å²) in [5, 5.41) is 14.4. The van der Waals surface area contributed by atoms with E-state index >= 15 is 0 Å². The zero-order chi connectivity index (χ0) is 20.5. The molecule has 0 fully saturated rings. The van der Waals surface area contributed by atoms with Gasteiger partial charge in [-0.1, -0.05) is 30.3 Å². The number of fused-ring (bicyclic) bond motifs is 1. The van der Waals surface area contributed by atoms with Crippen molar-refractivity contribution in [3.63, 3.8) is 0 Å². The lowest BCUT2D eigenvalue weighted by molar-refractivity contribution is 0.0600. The molecule has 0 spiro atoms. The predicted octanol–water partition coefficient (Wildman–Crippen LogP) is 3.19. The van der Waals surface area contributed by atoms with Crippen LogP contribution in [0.2, 0.25) is 0 Å². The number of carbonyl (C=O) groups excluding carboxylic acids is 1. The third-order valence-corrected chi connectivity index (χ3v) is 4.90. The summed E-state index contributed by atoms with van der Waals surface area (Å²) in [6, 6.07) is 18.6. The molecule has 0 bridgehead atoms. The summed E-state index contributed by atoms with van der Waals surface area (Å²) in [6.07, 6.45) is 0. The molecule has 1 atom stereocenters. The van der Waals surface area contributed by atoms with Crippen molar-refractivity contribution in [1.29, 1.82) is 5.26 Å². The first-order chi connectivity index (χ1) is 14.0. The van der Waals surface area contributed by atoms with Gasteiger partial charge in [0.1, 0.15) is 11.6 Å². The van der Waals surface area contributed by atoms with Gasteiger partial charge in [-0.25, -0.2) is 9.48 Å². The van der Waals surface area contributed by atoms with Crippen LogP contribution in [0.1, 0.15) is 33.1 Å². The predicted molar refractivity (Wildman–Crippen MR) is 105 cm³/mol. The van der Waals surface area contributed by atoms with Crippen LogP contribution in [0.3, 0.4) is 0 Å². The van der Waals surface area contributed by atoms with Crippen LogP contribution in [0.25, 0.3) is 5.69 Å². The Morgan fingerprint density at radius 1 is 1.21 bits per heavy atom. The fourth-order valence-electron chi connectivity index (χ4n) is 3.52. The van der Waals surface area contributed by atoms with Crippen LogP contribution >= 0.6 is 0 Å². The van der Waals surface area contributed by atoms with Gasteiger partial charge in [0.2, 0.25) is 11.8 Å². The molecule has 0 aliphatic carbocycles. The number of nitrogens with zero attached hydrogens (tertiary/aromatic N) is 3. The van der Waals surface area contributed by atoms with E-state index in [-0.39, 0.29) is 5.88 Å². The second kappa shape index (κ2) is 7.17. The number of hydrogen-bond acceptors (Lipinski definition) is 6. The van der Waals surface area contributed by atoms with Crippen molar-refractivity contribution in [3.05, 3.63) is 88.4 Å². The van der Waals surface area contributed by atoms with E-state index in [2.05, 4.69) is 11.2 Å². The zero-order valence-corrected chi connectivity index (χ0v) is 15.9. The molecule has 0 saturated carbocycles. The van der Waals surface area contributed by atoms with Crippen LogP contribution in [0.5, 0.6) is 5.88 Å². The van der Waals surface area contributed by atoms with Crippen molar-refractivity contribution in [1.82, 2.24) is 9.78 Å². The summed E-state index contributed by atoms with van der Waals surface area (Å²) in [5.41, 5.74) is 9.96. The van der Waals surface area contributed by atoms with Crippen molar-refractivity contribution in [2.75, 3.05) is 7.11 Å². The SMILES string of the molecule is COC(=O)c1ccc(C2C(C#N)=C(N)Oc3c2c(C)nn3-c2ccccc2)cc1. The Labute approximate surface area is 167 Å². The highest BCUT2D eigenvalue weighted by atomic mass is 16.5. The van der Waals surface area contributed by atoms with E-state index in [9.17, 15) is 10.1 Å². The number of hydrogen-bond donors (Lipinski definition) is 1. The second-order valence-electron chi connectivity index (χ2n) is 6.59. The number of benzene rings is 2. The number of ether oxygens (including phenoxy) is 2. The number of aryl methyl sites for hydroxylation is 1. The fourth-order valence-corrected chi connectivity index (χ4v) is 3.52. The van der Waals surface area contributed by atoms with Crippen molar-refractivity contribution in [2.45, 2.75) is 12.8 Å². The number of allylic oxidation sites excluding steroid dienone is 1. The monoisotopic (exact) mass is 386 g/mol. The Morgan fingerprint density at radius 3 is 2.52 bits per heavy atom. The Balaban J connectivity index is 1.88. The molecule has 0 radical (unpaired) electrons. The van der Waals surface area contributed by atoms with Crippen LogP contribution < -0.4 is 10.5 Å². The highest BCUT2D eigenvalue weighted by molar-refractivity contribution is 5.89. The summed E-state index contributed by atoms with van der Waals surface area (Å²) >= 11 is 0. The van der Waals surface area contributed by atoms with Crippen molar-refractivity contribution >= 4 is 5.97 Å². The summed E-state index contributed by atoms with van der Waals surface area (Å²) in [4.78, 5) is 11.7. The van der Waals surface area contributed by atoms with Crippen LogP contribution in [0.4, 0.5) is 0 Å². The average Bonchev–Trinajstić information content (AvgIpc) is 3.08. The molecule has 4 rings (SSSR count). The highest BCUT2D eigenvalue weighted by Crippen LogP contribution is 2.44. The van der Waals surface area contributed by atoms with E-state index in [0.29, 0.717) is 17.0 Å². The first-order valence-electron chi connectivity index (χ1n) is 8.96. The van der Waals surface area contributed by atoms with Gasteiger partial charge in [0, 0.05) is 0 Å². The molecular weight excluding hydrogens is 368 g/mol. The van der Waals surface area contributed by atoms with Crippen molar-refractivity contribution in [3.8, 4) is 17.6 Å². The minimum Gasteiger partial charge on any atom is -0.465 e. The van der Waals surface area contributed by atoms with Gasteiger partial charge in [-0.05, 0) is 36.8 Å². The minimum absolute atomic E-state index is 0.0409. The molecule has 3 aromatic rings. The van der Waals surface area contributed by atoms with E-state index < -0.39 is 11.9 Å². The maximum Gasteiger partial charge on any atom is 0.337 e. The Bertz CT molecular complexity index is 1160. The van der Waals surface area contributed by atoms with Crippen molar-refractivity contribution < 1.29 is 14.3 Å². The lowest BCUT2D eigenvalue weighted by atomic mass is 9.84. The molecule has 1 aromatic heterocycles. The van der Waals surface area contributed by atoms with Gasteiger partial charge < -0.3 is 15.2 Å². The Morgan fingerprint density at radius 2 is 1.90 bits per heavy atom. The normalized spacial score (nSPS) is 15.3. The van der Waals surface area contributed by atoms with Crippen LogP contribution in [-0.4, -0.2) is 22.9 Å². The molecule has 7 nitrogen and oxygen atoms in total. The van der Waals surface area contributed by atoms with Gasteiger partial charge in [-0.15, -0.1) is 0 Å². The number of methoxy groups -OCH3 is 1. The average molecular weight is 386 g/mol. The molecule has 2 aromatic carbocycles. The number of aromatic nitrogens is 2. The maximum atomic E-state index is 11.7. The Hall–Kier alpha value is -4.05. The number of carbonyl (C=O) groups is 1. The molecule has 29 heavy (non-hydrogen) atoms. The van der Waals surface area contributed by atoms with E-state index in [0.717, 1.165) is 22.5 Å². The van der Waals surface area contributed by atoms with Crippen molar-refractivity contribution in [2.24, 2.45) is 5.73 Å². The van der Waals surface area contributed by atoms with Gasteiger partial charge in [0.15, 0.2) is 0 Å². The third-order valence-electron chi connectivity index (χ3n) is 4.90. The summed E-state index contributed by atoms with van der Waals surface area (Å²) < 4.78 is 12.3. The molecule has 1 aliphatic rings. The van der Waals surface area contributed by atoms with E-state index in [1.165, 1.54) is 7.11 Å². The van der Waals surface area contributed by atoms with Gasteiger partial charge in [0.25, 0.3) is 0 Å². The van der Waals surface area contributed by atoms with Gasteiger partial charge in [-0.2, -0.15) is 10.4 Å². The number of nitriles is 1. The number of para-hydroxylation sites is 1. The van der Waals surface area contributed by atoms with Gasteiger partial charge in [-0.3, -0.25) is 0 Å². The highest BCUT2D eigenvalue weighted by Gasteiger charge is 2.36. The van der Waals surface area contributed by atoms with Gasteiger partial charge >= 0.3 is 5.97 Å². The second-order valence-corrected chi connectivity index (χ2v) is 6.59. The molecular formula is C22H18N4O3. The van der Waals surface area contributed by atoms with E-state index in [1.54, 1.807) is 28.9 Å². The molecule has 1 unspecified atom stereocenters. The quantitative estimate of drug-likeness (QED) is 0.694. The number of rotatable bonds is 3. The molecule has 1 aliphatic heterocycles. The third kappa shape index (κ3) is 3.01. The largest absolute Gasteiger partial charge is 0.465 e. The fraction of sp³-hybridized carbons (Fsp3) is 0.136. The standard InChI is InChI=1S/C22H18N4O3/c1-13-18-19(14-8-10-15(11-9-14)22(27)28-2)17(12-23)20(24)29-21(18)26(25-13)16-6-4-3-5-7-16/h3-11,19H,24H2,1-2H3. The van der Waals surface area contributed by atoms with E-state index in [4.69, 9.17) is 15.2 Å². The molecule has 0 amide bonds. The van der Waals surface area contributed by atoms with E-state index in [1.807, 2.05) is 37.3 Å². The molecule has 0 saturated heterocycles. The lowest BCUT2D eigenvalue weighted by Gasteiger charge is -2.25. The summed E-state index contributed by atoms with van der Waals surface area (Å²) in [7, 11) is 1.33. The summed E-state index contributed by atoms with van der Waals surface area (Å²) in [6.45, 7) is 1.87. The van der Waals surface area contributed by atoms with Crippen LogP contribution in [0, 0.1) is 18.3 Å². The first kappa shape index (κ1) is 18.3. The zero-order valence-electron chi connectivity index (χ0n) is 15.9. The molecule has 2 N–H and O–H groups in total. The molecule has 144 valence electrons. The minimum atomic E-state index is -0.451. The number of esters is 1. The maximum absolute atomic E-state index is 11.7. The Kier molecular flexibility index (Phi) is 4.53. The first-order valence-corrected chi connectivity index (χ1v) is 8.96. The molecule has 2 heterocycles. The van der Waals surface area contributed by atoms with Crippen LogP contribution in [-0.2, 0) is 4.74 Å². The summed E-state index contributed by atoms with van der Waals surface area (Å²) in [5.74, 6) is -0.355. The van der Waals surface area contributed by atoms with Gasteiger partial charge in [0.05, 0.1) is 35.5 Å².